The van der Waals surface area contributed by atoms with Gasteiger partial charge < -0.3 is 9.47 Å². The van der Waals surface area contributed by atoms with Crippen LogP contribution in [-0.2, 0) is 0 Å². The number of benzene rings is 6. The summed E-state index contributed by atoms with van der Waals surface area (Å²) in [7, 11) is 0. The number of para-hydroxylation sites is 3. The first-order valence-electron chi connectivity index (χ1n) is 14.1. The maximum Gasteiger partial charge on any atom is 0.0561 e. The minimum Gasteiger partial charge on any atom is -0.310 e. The molecule has 4 heteroatoms. The number of thiophene rings is 2. The van der Waals surface area contributed by atoms with Crippen molar-refractivity contribution >= 4 is 91.1 Å². The summed E-state index contributed by atoms with van der Waals surface area (Å²) in [6.07, 6.45) is 0. The van der Waals surface area contributed by atoms with Crippen molar-refractivity contribution in [2.45, 2.75) is 0 Å². The Labute approximate surface area is 250 Å². The summed E-state index contributed by atoms with van der Waals surface area (Å²) in [4.78, 5) is 2.39. The third kappa shape index (κ3) is 3.56. The maximum atomic E-state index is 2.39. The lowest BCUT2D eigenvalue weighted by Crippen LogP contribution is -2.09. The summed E-state index contributed by atoms with van der Waals surface area (Å²) in [5.41, 5.74) is 7.02. The molecule has 0 amide bonds. The minimum atomic E-state index is 1.14. The van der Waals surface area contributed by atoms with Crippen LogP contribution in [-0.4, -0.2) is 4.57 Å². The summed E-state index contributed by atoms with van der Waals surface area (Å²) >= 11 is 3.81. The Morgan fingerprint density at radius 3 is 1.79 bits per heavy atom. The second-order valence-electron chi connectivity index (χ2n) is 10.6. The molecule has 3 aromatic heterocycles. The van der Waals surface area contributed by atoms with Crippen molar-refractivity contribution in [2.24, 2.45) is 0 Å². The summed E-state index contributed by atoms with van der Waals surface area (Å²) in [5.74, 6) is 0. The second-order valence-corrected chi connectivity index (χ2v) is 12.7. The topological polar surface area (TPSA) is 8.17 Å². The van der Waals surface area contributed by atoms with Crippen molar-refractivity contribution in [2.75, 3.05) is 4.90 Å². The van der Waals surface area contributed by atoms with E-state index in [4.69, 9.17) is 0 Å². The third-order valence-electron chi connectivity index (χ3n) is 8.17. The fourth-order valence-electron chi connectivity index (χ4n) is 6.31. The molecule has 9 aromatic rings. The average molecular weight is 573 g/mol. The van der Waals surface area contributed by atoms with Gasteiger partial charge >= 0.3 is 0 Å². The zero-order chi connectivity index (χ0) is 27.6. The van der Waals surface area contributed by atoms with Crippen LogP contribution in [0.3, 0.4) is 0 Å². The zero-order valence-corrected chi connectivity index (χ0v) is 24.2. The van der Waals surface area contributed by atoms with Gasteiger partial charge in [0.2, 0.25) is 0 Å². The molecule has 0 radical (unpaired) electrons. The molecule has 0 fully saturated rings. The predicted molar refractivity (Wildman–Crippen MR) is 184 cm³/mol. The summed E-state index contributed by atoms with van der Waals surface area (Å²) < 4.78 is 7.85. The third-order valence-corrected chi connectivity index (χ3v) is 10.7. The first kappa shape index (κ1) is 23.8. The van der Waals surface area contributed by atoms with Crippen LogP contribution in [0.5, 0.6) is 0 Å². The highest BCUT2D eigenvalue weighted by molar-refractivity contribution is 7.36. The first-order valence-corrected chi connectivity index (χ1v) is 15.7. The van der Waals surface area contributed by atoms with E-state index in [1.807, 2.05) is 22.7 Å². The molecular weight excluding hydrogens is 549 g/mol. The van der Waals surface area contributed by atoms with Gasteiger partial charge in [0, 0.05) is 53.7 Å². The Kier molecular flexibility index (Phi) is 5.27. The molecule has 0 aliphatic carbocycles. The number of hydrogen-bond acceptors (Lipinski definition) is 3. The summed E-state index contributed by atoms with van der Waals surface area (Å²) in [6, 6.07) is 52.7. The van der Waals surface area contributed by atoms with Crippen molar-refractivity contribution in [3.63, 3.8) is 0 Å². The van der Waals surface area contributed by atoms with E-state index in [1.165, 1.54) is 57.1 Å². The van der Waals surface area contributed by atoms with Crippen molar-refractivity contribution in [3.05, 3.63) is 146 Å². The molecule has 9 rings (SSSR count). The van der Waals surface area contributed by atoms with E-state index in [1.54, 1.807) is 0 Å². The Balaban J connectivity index is 1.28. The van der Waals surface area contributed by atoms with Gasteiger partial charge in [0.05, 0.1) is 20.4 Å². The second kappa shape index (κ2) is 9.31. The van der Waals surface area contributed by atoms with E-state index in [-0.39, 0.29) is 0 Å². The largest absolute Gasteiger partial charge is 0.310 e. The Bertz CT molecular complexity index is 2410. The van der Waals surface area contributed by atoms with E-state index in [2.05, 4.69) is 155 Å². The Morgan fingerprint density at radius 1 is 0.405 bits per heavy atom. The van der Waals surface area contributed by atoms with Crippen molar-refractivity contribution in [1.82, 2.24) is 4.57 Å². The fraction of sp³-hybridized carbons (Fsp3) is 0. The van der Waals surface area contributed by atoms with Gasteiger partial charge in [-0.25, -0.2) is 0 Å². The highest BCUT2D eigenvalue weighted by Gasteiger charge is 2.19. The number of hydrogen-bond donors (Lipinski definition) is 0. The van der Waals surface area contributed by atoms with Gasteiger partial charge in [-0.15, -0.1) is 22.7 Å². The molecule has 0 atom stereocenters. The molecule has 198 valence electrons. The highest BCUT2D eigenvalue weighted by atomic mass is 32.1. The molecule has 0 spiro atoms. The SMILES string of the molecule is c1ccc(N(c2ccc3c(c2)sc2c4ccccc4sc32)c2ccc3c4ccccc4n(-c4ccccc4)c3c2)cc1. The molecule has 0 saturated carbocycles. The lowest BCUT2D eigenvalue weighted by atomic mass is 10.1. The zero-order valence-electron chi connectivity index (χ0n) is 22.6. The van der Waals surface area contributed by atoms with E-state index in [0.29, 0.717) is 0 Å². The summed E-state index contributed by atoms with van der Waals surface area (Å²) in [6.45, 7) is 0. The van der Waals surface area contributed by atoms with E-state index in [0.717, 1.165) is 17.1 Å². The molecular formula is C38H24N2S2. The van der Waals surface area contributed by atoms with Crippen LogP contribution in [0.2, 0.25) is 0 Å². The van der Waals surface area contributed by atoms with Crippen LogP contribution >= 0.6 is 22.7 Å². The highest BCUT2D eigenvalue weighted by Crippen LogP contribution is 2.46. The van der Waals surface area contributed by atoms with Gasteiger partial charge in [0.1, 0.15) is 0 Å². The molecule has 2 nitrogen and oxygen atoms in total. The molecule has 0 N–H and O–H groups in total. The molecule has 6 aromatic carbocycles. The van der Waals surface area contributed by atoms with Gasteiger partial charge in [0.15, 0.2) is 0 Å². The Hall–Kier alpha value is -4.90. The van der Waals surface area contributed by atoms with Crippen LogP contribution in [0.25, 0.3) is 57.1 Å². The maximum absolute atomic E-state index is 2.39. The number of aromatic nitrogens is 1. The van der Waals surface area contributed by atoms with E-state index >= 15 is 0 Å². The molecule has 0 bridgehead atoms. The molecule has 0 unspecified atom stereocenters. The van der Waals surface area contributed by atoms with Crippen molar-refractivity contribution < 1.29 is 0 Å². The van der Waals surface area contributed by atoms with Crippen LogP contribution in [0.1, 0.15) is 0 Å². The van der Waals surface area contributed by atoms with Gasteiger partial charge in [-0.1, -0.05) is 84.9 Å². The number of anilines is 3. The monoisotopic (exact) mass is 572 g/mol. The molecule has 0 aliphatic heterocycles. The number of fused-ring (bicyclic) bond motifs is 8. The molecule has 0 saturated heterocycles. The fourth-order valence-corrected chi connectivity index (χ4v) is 9.00. The predicted octanol–water partition coefficient (Wildman–Crippen LogP) is 11.8. The van der Waals surface area contributed by atoms with Crippen LogP contribution in [0.15, 0.2) is 146 Å². The van der Waals surface area contributed by atoms with Gasteiger partial charge in [-0.3, -0.25) is 0 Å². The summed E-state index contributed by atoms with van der Waals surface area (Å²) in [5, 5.41) is 5.22. The standard InChI is InChI=1S/C38H24N2S2/c1-3-11-25(12-4-1)39(28-20-22-32-36(24-28)42-37-31-16-8-10-18-35(31)41-38(32)37)27-19-21-30-29-15-7-9-17-33(29)40(34(30)23-27)26-13-5-2-6-14-26/h1-24H. The van der Waals surface area contributed by atoms with Gasteiger partial charge in [-0.05, 0) is 60.7 Å². The van der Waals surface area contributed by atoms with Crippen LogP contribution < -0.4 is 4.90 Å². The van der Waals surface area contributed by atoms with Crippen LogP contribution in [0, 0.1) is 0 Å². The van der Waals surface area contributed by atoms with Crippen molar-refractivity contribution in [3.8, 4) is 5.69 Å². The van der Waals surface area contributed by atoms with Gasteiger partial charge in [-0.2, -0.15) is 0 Å². The lowest BCUT2D eigenvalue weighted by Gasteiger charge is -2.26. The molecule has 3 heterocycles. The lowest BCUT2D eigenvalue weighted by molar-refractivity contribution is 1.18. The van der Waals surface area contributed by atoms with Crippen LogP contribution in [0.4, 0.5) is 17.1 Å². The average Bonchev–Trinajstić information content (AvgIpc) is 3.70. The quantitative estimate of drug-likeness (QED) is 0.204. The first-order chi connectivity index (χ1) is 20.8. The molecule has 42 heavy (non-hydrogen) atoms. The van der Waals surface area contributed by atoms with E-state index < -0.39 is 0 Å². The number of rotatable bonds is 4. The number of nitrogens with zero attached hydrogens (tertiary/aromatic N) is 2. The van der Waals surface area contributed by atoms with Crippen molar-refractivity contribution in [1.29, 1.82) is 0 Å². The normalized spacial score (nSPS) is 11.8. The van der Waals surface area contributed by atoms with Gasteiger partial charge in [0.25, 0.3) is 0 Å². The Morgan fingerprint density at radius 2 is 0.976 bits per heavy atom. The minimum absolute atomic E-state index is 1.14. The smallest absolute Gasteiger partial charge is 0.0561 e. The molecule has 0 aliphatic rings. The van der Waals surface area contributed by atoms with E-state index in [9.17, 15) is 0 Å².